The van der Waals surface area contributed by atoms with Gasteiger partial charge in [0, 0.05) is 43.7 Å². The standard InChI is InChI=1S/C27H37N3O3S/c1-19-16-20(2)18-29(17-19)12-7-11-28-26(31)24-21-8-4-5-9-22(21)27(32)30(13-14-33-3)25(24)23-10-6-15-34-23/h4-6,8-10,15,19-20,24-25H,7,11-14,16-18H2,1-3H3,(H,28,31)/t19-,20-,24+,25+/m1/s1. The number of benzene rings is 1. The molecule has 1 saturated heterocycles. The highest BCUT2D eigenvalue weighted by Gasteiger charge is 2.44. The molecule has 3 heterocycles. The molecule has 0 spiro atoms. The first-order valence-corrected chi connectivity index (χ1v) is 13.3. The maximum Gasteiger partial charge on any atom is 0.254 e. The van der Waals surface area contributed by atoms with E-state index in [0.29, 0.717) is 25.3 Å². The number of amides is 2. The maximum absolute atomic E-state index is 13.7. The number of hydrogen-bond donors (Lipinski definition) is 1. The summed E-state index contributed by atoms with van der Waals surface area (Å²) in [4.78, 5) is 32.5. The van der Waals surface area contributed by atoms with Crippen LogP contribution in [0.1, 0.15) is 59.4 Å². The van der Waals surface area contributed by atoms with Crippen LogP contribution in [0.25, 0.3) is 0 Å². The van der Waals surface area contributed by atoms with Crippen molar-refractivity contribution in [2.24, 2.45) is 11.8 Å². The summed E-state index contributed by atoms with van der Waals surface area (Å²) in [6, 6.07) is 11.2. The molecule has 1 aromatic heterocycles. The Bertz CT molecular complexity index is 954. The normalized spacial score (nSPS) is 25.3. The minimum Gasteiger partial charge on any atom is -0.383 e. The zero-order chi connectivity index (χ0) is 24.1. The lowest BCUT2D eigenvalue weighted by Gasteiger charge is -2.41. The van der Waals surface area contributed by atoms with Gasteiger partial charge in [0.2, 0.25) is 5.91 Å². The fourth-order valence-electron chi connectivity index (χ4n) is 5.69. The number of carbonyl (C=O) groups is 2. The van der Waals surface area contributed by atoms with Crippen molar-refractivity contribution in [3.05, 3.63) is 57.8 Å². The highest BCUT2D eigenvalue weighted by molar-refractivity contribution is 7.10. The lowest BCUT2D eigenvalue weighted by atomic mass is 9.81. The number of fused-ring (bicyclic) bond motifs is 1. The first-order valence-electron chi connectivity index (χ1n) is 12.4. The monoisotopic (exact) mass is 483 g/mol. The number of methoxy groups -OCH3 is 1. The molecule has 34 heavy (non-hydrogen) atoms. The Labute approximate surface area is 207 Å². The fraction of sp³-hybridized carbons (Fsp3) is 0.556. The second-order valence-corrected chi connectivity index (χ2v) is 10.8. The Morgan fingerprint density at radius 1 is 1.12 bits per heavy atom. The van der Waals surface area contributed by atoms with Gasteiger partial charge in [0.05, 0.1) is 18.6 Å². The lowest BCUT2D eigenvalue weighted by molar-refractivity contribution is -0.124. The van der Waals surface area contributed by atoms with Gasteiger partial charge in [-0.2, -0.15) is 0 Å². The molecule has 0 bridgehead atoms. The molecule has 2 aromatic rings. The van der Waals surface area contributed by atoms with Crippen LogP contribution in [0.4, 0.5) is 0 Å². The van der Waals surface area contributed by atoms with Crippen LogP contribution in [-0.2, 0) is 9.53 Å². The molecule has 1 fully saturated rings. The van der Waals surface area contributed by atoms with Crippen molar-refractivity contribution in [1.82, 2.24) is 15.1 Å². The van der Waals surface area contributed by atoms with Crippen molar-refractivity contribution in [3.63, 3.8) is 0 Å². The highest BCUT2D eigenvalue weighted by atomic mass is 32.1. The van der Waals surface area contributed by atoms with Gasteiger partial charge in [0.1, 0.15) is 0 Å². The van der Waals surface area contributed by atoms with Crippen molar-refractivity contribution in [1.29, 1.82) is 0 Å². The quantitative estimate of drug-likeness (QED) is 0.544. The van der Waals surface area contributed by atoms with Crippen LogP contribution in [0.15, 0.2) is 41.8 Å². The Morgan fingerprint density at radius 2 is 1.88 bits per heavy atom. The van der Waals surface area contributed by atoms with Gasteiger partial charge < -0.3 is 19.9 Å². The Kier molecular flexibility index (Phi) is 8.40. The van der Waals surface area contributed by atoms with Gasteiger partial charge in [-0.3, -0.25) is 9.59 Å². The number of thiophene rings is 1. The summed E-state index contributed by atoms with van der Waals surface area (Å²) in [6.45, 7) is 9.45. The van der Waals surface area contributed by atoms with Gasteiger partial charge in [0.25, 0.3) is 5.91 Å². The zero-order valence-corrected chi connectivity index (χ0v) is 21.4. The van der Waals surface area contributed by atoms with Crippen LogP contribution in [0.2, 0.25) is 0 Å². The number of piperidine rings is 1. The van der Waals surface area contributed by atoms with Crippen LogP contribution in [0.3, 0.4) is 0 Å². The van der Waals surface area contributed by atoms with Crippen molar-refractivity contribution >= 4 is 23.2 Å². The van der Waals surface area contributed by atoms with E-state index in [2.05, 4.69) is 24.1 Å². The zero-order valence-electron chi connectivity index (χ0n) is 20.5. The molecule has 0 aliphatic carbocycles. The molecule has 1 N–H and O–H groups in total. The molecule has 0 unspecified atom stereocenters. The summed E-state index contributed by atoms with van der Waals surface area (Å²) in [7, 11) is 1.64. The minimum absolute atomic E-state index is 0.0128. The molecule has 4 atom stereocenters. The van der Waals surface area contributed by atoms with E-state index in [1.807, 2.05) is 46.7 Å². The van der Waals surface area contributed by atoms with Crippen molar-refractivity contribution in [2.75, 3.05) is 46.4 Å². The van der Waals surface area contributed by atoms with Gasteiger partial charge in [-0.15, -0.1) is 11.3 Å². The molecule has 0 saturated carbocycles. The van der Waals surface area contributed by atoms with Gasteiger partial charge in [-0.25, -0.2) is 0 Å². The molecule has 0 radical (unpaired) electrons. The van der Waals surface area contributed by atoms with Crippen LogP contribution in [0.5, 0.6) is 0 Å². The number of nitrogens with one attached hydrogen (secondary N) is 1. The summed E-state index contributed by atoms with van der Waals surface area (Å²) in [5, 5.41) is 5.21. The van der Waals surface area contributed by atoms with E-state index in [9.17, 15) is 9.59 Å². The van der Waals surface area contributed by atoms with E-state index in [4.69, 9.17) is 4.74 Å². The lowest BCUT2D eigenvalue weighted by Crippen LogP contribution is -2.48. The largest absolute Gasteiger partial charge is 0.383 e. The Balaban J connectivity index is 1.50. The Morgan fingerprint density at radius 3 is 2.59 bits per heavy atom. The predicted octanol–water partition coefficient (Wildman–Crippen LogP) is 4.16. The smallest absolute Gasteiger partial charge is 0.254 e. The third-order valence-electron chi connectivity index (χ3n) is 6.99. The van der Waals surface area contributed by atoms with Crippen molar-refractivity contribution in [3.8, 4) is 0 Å². The van der Waals surface area contributed by atoms with Crippen LogP contribution < -0.4 is 5.32 Å². The van der Waals surface area contributed by atoms with E-state index in [-0.39, 0.29) is 17.9 Å². The number of carbonyl (C=O) groups excluding carboxylic acids is 2. The topological polar surface area (TPSA) is 61.9 Å². The number of likely N-dealkylation sites (tertiary alicyclic amines) is 1. The fourth-order valence-corrected chi connectivity index (χ4v) is 6.56. The number of hydrogen-bond acceptors (Lipinski definition) is 5. The van der Waals surface area contributed by atoms with E-state index < -0.39 is 5.92 Å². The second kappa shape index (κ2) is 11.5. The average Bonchev–Trinajstić information content (AvgIpc) is 3.35. The molecule has 184 valence electrons. The third-order valence-corrected chi connectivity index (χ3v) is 7.93. The van der Waals surface area contributed by atoms with Gasteiger partial charge in [-0.1, -0.05) is 38.1 Å². The second-order valence-electron chi connectivity index (χ2n) is 9.87. The highest BCUT2D eigenvalue weighted by Crippen LogP contribution is 2.44. The summed E-state index contributed by atoms with van der Waals surface area (Å²) in [5.74, 6) is 0.975. The molecule has 2 aliphatic rings. The summed E-state index contributed by atoms with van der Waals surface area (Å²) >= 11 is 1.59. The van der Waals surface area contributed by atoms with Gasteiger partial charge >= 0.3 is 0 Å². The molecule has 7 heteroatoms. The van der Waals surface area contributed by atoms with Crippen LogP contribution in [0, 0.1) is 11.8 Å². The van der Waals surface area contributed by atoms with Crippen LogP contribution in [-0.4, -0.2) is 68.1 Å². The molecule has 6 nitrogen and oxygen atoms in total. The number of rotatable bonds is 9. The summed E-state index contributed by atoms with van der Waals surface area (Å²) in [5.41, 5.74) is 1.43. The van der Waals surface area contributed by atoms with Crippen LogP contribution >= 0.6 is 11.3 Å². The molecular weight excluding hydrogens is 446 g/mol. The number of ether oxygens (including phenoxy) is 1. The van der Waals surface area contributed by atoms with Gasteiger partial charge in [0.15, 0.2) is 0 Å². The SMILES string of the molecule is COCCN1C(=O)c2ccccc2[C@H](C(=O)NCCCN2C[C@H](C)C[C@@H](C)C2)[C@@H]1c1cccs1. The summed E-state index contributed by atoms with van der Waals surface area (Å²) < 4.78 is 5.30. The van der Waals surface area contributed by atoms with E-state index >= 15 is 0 Å². The third kappa shape index (κ3) is 5.53. The first-order chi connectivity index (χ1) is 16.5. The van der Waals surface area contributed by atoms with Crippen molar-refractivity contribution < 1.29 is 14.3 Å². The van der Waals surface area contributed by atoms with E-state index in [1.54, 1.807) is 18.4 Å². The summed E-state index contributed by atoms with van der Waals surface area (Å²) in [6.07, 6.45) is 2.23. The minimum atomic E-state index is -0.445. The van der Waals surface area contributed by atoms with Crippen molar-refractivity contribution in [2.45, 2.75) is 38.6 Å². The molecule has 2 amide bonds. The molecular formula is C27H37N3O3S. The molecule has 4 rings (SSSR count). The van der Waals surface area contributed by atoms with E-state index in [1.165, 1.54) is 6.42 Å². The molecule has 1 aromatic carbocycles. The Hall–Kier alpha value is -2.22. The predicted molar refractivity (Wildman–Crippen MR) is 136 cm³/mol. The van der Waals surface area contributed by atoms with E-state index in [0.717, 1.165) is 48.3 Å². The first kappa shape index (κ1) is 24.9. The maximum atomic E-state index is 13.7. The average molecular weight is 484 g/mol. The van der Waals surface area contributed by atoms with Gasteiger partial charge in [-0.05, 0) is 54.3 Å². The molecule has 2 aliphatic heterocycles. The number of nitrogens with zero attached hydrogens (tertiary/aromatic N) is 2.